The molecule has 1 heterocycles. The van der Waals surface area contributed by atoms with Gasteiger partial charge in [0.15, 0.2) is 0 Å². The molecule has 0 aromatic carbocycles. The largest absolute Gasteiger partial charge is 0.381 e. The highest BCUT2D eigenvalue weighted by Crippen LogP contribution is 2.35. The summed E-state index contributed by atoms with van der Waals surface area (Å²) < 4.78 is 5.39. The first-order valence-corrected chi connectivity index (χ1v) is 4.18. The smallest absolute Gasteiger partial charge is 0.0626 e. The van der Waals surface area contributed by atoms with Gasteiger partial charge >= 0.3 is 0 Å². The first-order valence-electron chi connectivity index (χ1n) is 4.18. The SMILES string of the molecule is COC1CCNC2CCC21.Cl. The average molecular weight is 178 g/mol. The molecular formula is C8H16ClNO. The lowest BCUT2D eigenvalue weighted by atomic mass is 9.73. The summed E-state index contributed by atoms with van der Waals surface area (Å²) in [5, 5.41) is 3.50. The minimum Gasteiger partial charge on any atom is -0.381 e. The van der Waals surface area contributed by atoms with Crippen molar-refractivity contribution in [3.05, 3.63) is 0 Å². The van der Waals surface area contributed by atoms with Gasteiger partial charge in [0.25, 0.3) is 0 Å². The van der Waals surface area contributed by atoms with Crippen LogP contribution in [-0.4, -0.2) is 25.8 Å². The zero-order valence-electron chi connectivity index (χ0n) is 6.88. The standard InChI is InChI=1S/C8H15NO.ClH/c1-10-8-4-5-9-7-3-2-6(7)8;/h6-9H,2-5H2,1H3;1H. The Kier molecular flexibility index (Phi) is 3.16. The number of methoxy groups -OCH3 is 1. The first kappa shape index (κ1) is 9.30. The van der Waals surface area contributed by atoms with Crippen molar-refractivity contribution in [2.24, 2.45) is 5.92 Å². The van der Waals surface area contributed by atoms with Gasteiger partial charge in [-0.1, -0.05) is 0 Å². The van der Waals surface area contributed by atoms with Crippen LogP contribution in [0, 0.1) is 5.92 Å². The molecular weight excluding hydrogens is 162 g/mol. The zero-order valence-corrected chi connectivity index (χ0v) is 7.69. The third-order valence-corrected chi connectivity index (χ3v) is 2.94. The Morgan fingerprint density at radius 3 is 2.55 bits per heavy atom. The van der Waals surface area contributed by atoms with Crippen molar-refractivity contribution < 1.29 is 4.74 Å². The van der Waals surface area contributed by atoms with Crippen molar-refractivity contribution >= 4 is 12.4 Å². The van der Waals surface area contributed by atoms with E-state index in [1.54, 1.807) is 0 Å². The molecule has 1 saturated heterocycles. The number of halogens is 1. The van der Waals surface area contributed by atoms with Crippen LogP contribution in [0.4, 0.5) is 0 Å². The molecule has 3 unspecified atom stereocenters. The first-order chi connectivity index (χ1) is 4.92. The van der Waals surface area contributed by atoms with Gasteiger partial charge in [0.05, 0.1) is 6.10 Å². The number of rotatable bonds is 1. The Morgan fingerprint density at radius 1 is 1.27 bits per heavy atom. The molecule has 2 rings (SSSR count). The third kappa shape index (κ3) is 1.53. The van der Waals surface area contributed by atoms with Gasteiger partial charge in [0.1, 0.15) is 0 Å². The molecule has 1 saturated carbocycles. The molecule has 0 aromatic heterocycles. The van der Waals surface area contributed by atoms with E-state index in [0.717, 1.165) is 18.5 Å². The van der Waals surface area contributed by atoms with Gasteiger partial charge in [0, 0.05) is 19.1 Å². The molecule has 66 valence electrons. The second-order valence-corrected chi connectivity index (χ2v) is 3.36. The topological polar surface area (TPSA) is 21.3 Å². The molecule has 1 N–H and O–H groups in total. The number of piperidine rings is 1. The molecule has 1 aliphatic heterocycles. The molecule has 0 radical (unpaired) electrons. The molecule has 2 nitrogen and oxygen atoms in total. The molecule has 0 bridgehead atoms. The van der Waals surface area contributed by atoms with Gasteiger partial charge in [-0.2, -0.15) is 0 Å². The summed E-state index contributed by atoms with van der Waals surface area (Å²) >= 11 is 0. The van der Waals surface area contributed by atoms with E-state index >= 15 is 0 Å². The van der Waals surface area contributed by atoms with Crippen molar-refractivity contribution in [3.8, 4) is 0 Å². The van der Waals surface area contributed by atoms with E-state index < -0.39 is 0 Å². The van der Waals surface area contributed by atoms with E-state index in [0.29, 0.717) is 6.10 Å². The van der Waals surface area contributed by atoms with Gasteiger partial charge in [-0.15, -0.1) is 12.4 Å². The summed E-state index contributed by atoms with van der Waals surface area (Å²) in [6.45, 7) is 1.15. The Bertz CT molecular complexity index is 129. The summed E-state index contributed by atoms with van der Waals surface area (Å²) in [7, 11) is 1.84. The van der Waals surface area contributed by atoms with E-state index in [9.17, 15) is 0 Å². The van der Waals surface area contributed by atoms with E-state index in [2.05, 4.69) is 5.32 Å². The fourth-order valence-corrected chi connectivity index (χ4v) is 2.14. The number of hydrogen-bond acceptors (Lipinski definition) is 2. The zero-order chi connectivity index (χ0) is 6.97. The van der Waals surface area contributed by atoms with Crippen LogP contribution in [0.1, 0.15) is 19.3 Å². The molecule has 2 aliphatic rings. The highest BCUT2D eigenvalue weighted by atomic mass is 35.5. The molecule has 3 atom stereocenters. The lowest BCUT2D eigenvalue weighted by Crippen LogP contribution is -2.55. The second-order valence-electron chi connectivity index (χ2n) is 3.36. The summed E-state index contributed by atoms with van der Waals surface area (Å²) in [5.41, 5.74) is 0. The molecule has 1 aliphatic carbocycles. The van der Waals surface area contributed by atoms with Crippen LogP contribution in [0.3, 0.4) is 0 Å². The summed E-state index contributed by atoms with van der Waals surface area (Å²) in [5.74, 6) is 0.832. The summed E-state index contributed by atoms with van der Waals surface area (Å²) in [4.78, 5) is 0. The Balaban J connectivity index is 0.000000605. The minimum absolute atomic E-state index is 0. The Labute approximate surface area is 74.1 Å². The summed E-state index contributed by atoms with van der Waals surface area (Å²) in [6.07, 6.45) is 4.50. The maximum atomic E-state index is 5.39. The van der Waals surface area contributed by atoms with Crippen LogP contribution < -0.4 is 5.32 Å². The molecule has 0 aromatic rings. The fourth-order valence-electron chi connectivity index (χ4n) is 2.14. The Morgan fingerprint density at radius 2 is 2.09 bits per heavy atom. The number of ether oxygens (including phenoxy) is 1. The summed E-state index contributed by atoms with van der Waals surface area (Å²) in [6, 6.07) is 0.790. The third-order valence-electron chi connectivity index (χ3n) is 2.94. The maximum absolute atomic E-state index is 5.39. The average Bonchev–Trinajstić information content (AvgIpc) is 1.91. The lowest BCUT2D eigenvalue weighted by molar-refractivity contribution is -0.0281. The minimum atomic E-state index is 0. The highest BCUT2D eigenvalue weighted by molar-refractivity contribution is 5.85. The van der Waals surface area contributed by atoms with Gasteiger partial charge < -0.3 is 10.1 Å². The van der Waals surface area contributed by atoms with Gasteiger partial charge in [-0.3, -0.25) is 0 Å². The second kappa shape index (κ2) is 3.74. The normalized spacial score (nSPS) is 41.7. The van der Waals surface area contributed by atoms with Gasteiger partial charge in [-0.05, 0) is 25.8 Å². The van der Waals surface area contributed by atoms with Crippen molar-refractivity contribution in [2.45, 2.75) is 31.4 Å². The van der Waals surface area contributed by atoms with Crippen molar-refractivity contribution in [2.75, 3.05) is 13.7 Å². The van der Waals surface area contributed by atoms with Crippen LogP contribution in [0.15, 0.2) is 0 Å². The Hall–Kier alpha value is 0.210. The van der Waals surface area contributed by atoms with E-state index in [1.165, 1.54) is 19.3 Å². The van der Waals surface area contributed by atoms with E-state index in [-0.39, 0.29) is 12.4 Å². The van der Waals surface area contributed by atoms with Crippen LogP contribution in [0.5, 0.6) is 0 Å². The van der Waals surface area contributed by atoms with Gasteiger partial charge in [0.2, 0.25) is 0 Å². The van der Waals surface area contributed by atoms with Crippen LogP contribution in [-0.2, 0) is 4.74 Å². The van der Waals surface area contributed by atoms with Crippen LogP contribution in [0.25, 0.3) is 0 Å². The van der Waals surface area contributed by atoms with Crippen LogP contribution in [0.2, 0.25) is 0 Å². The predicted octanol–water partition coefficient (Wildman–Crippen LogP) is 1.20. The quantitative estimate of drug-likeness (QED) is 0.650. The van der Waals surface area contributed by atoms with E-state index in [1.807, 2.05) is 7.11 Å². The molecule has 3 heteroatoms. The monoisotopic (exact) mass is 177 g/mol. The number of fused-ring (bicyclic) bond motifs is 1. The molecule has 0 amide bonds. The molecule has 2 fully saturated rings. The molecule has 0 spiro atoms. The maximum Gasteiger partial charge on any atom is 0.0626 e. The molecule has 11 heavy (non-hydrogen) atoms. The van der Waals surface area contributed by atoms with Crippen molar-refractivity contribution in [3.63, 3.8) is 0 Å². The number of nitrogens with one attached hydrogen (secondary N) is 1. The van der Waals surface area contributed by atoms with Gasteiger partial charge in [-0.25, -0.2) is 0 Å². The highest BCUT2D eigenvalue weighted by Gasteiger charge is 2.39. The van der Waals surface area contributed by atoms with Crippen molar-refractivity contribution in [1.82, 2.24) is 5.32 Å². The number of hydrogen-bond donors (Lipinski definition) is 1. The fraction of sp³-hybridized carbons (Fsp3) is 1.00. The van der Waals surface area contributed by atoms with E-state index in [4.69, 9.17) is 4.74 Å². The van der Waals surface area contributed by atoms with Crippen LogP contribution >= 0.6 is 12.4 Å². The predicted molar refractivity (Wildman–Crippen MR) is 47.2 cm³/mol. The van der Waals surface area contributed by atoms with Crippen molar-refractivity contribution in [1.29, 1.82) is 0 Å². The lowest BCUT2D eigenvalue weighted by Gasteiger charge is -2.45.